The first-order valence-corrected chi connectivity index (χ1v) is 7.91. The van der Waals surface area contributed by atoms with Crippen molar-refractivity contribution in [1.82, 2.24) is 10.0 Å². The molecule has 6 heteroatoms. The van der Waals surface area contributed by atoms with Crippen LogP contribution in [0.25, 0.3) is 0 Å². The summed E-state index contributed by atoms with van der Waals surface area (Å²) < 4.78 is 31.9. The van der Waals surface area contributed by atoms with Crippen LogP contribution in [-0.4, -0.2) is 34.2 Å². The molecule has 1 rings (SSSR count). The Labute approximate surface area is 115 Å². The van der Waals surface area contributed by atoms with Crippen molar-refractivity contribution in [3.8, 4) is 5.75 Å². The van der Waals surface area contributed by atoms with Gasteiger partial charge in [-0.2, -0.15) is 0 Å². The summed E-state index contributed by atoms with van der Waals surface area (Å²) in [6.07, 6.45) is 0.0701. The first kappa shape index (κ1) is 15.9. The predicted molar refractivity (Wildman–Crippen MR) is 75.9 cm³/mol. The molecule has 1 aromatic rings. The molecule has 108 valence electrons. The normalized spacial score (nSPS) is 11.8. The summed E-state index contributed by atoms with van der Waals surface area (Å²) in [5, 5.41) is 3.06. The fraction of sp³-hybridized carbons (Fsp3) is 0.538. The lowest BCUT2D eigenvalue weighted by molar-refractivity contribution is 0.242. The van der Waals surface area contributed by atoms with E-state index < -0.39 is 10.0 Å². The van der Waals surface area contributed by atoms with E-state index in [1.54, 1.807) is 24.3 Å². The van der Waals surface area contributed by atoms with Crippen molar-refractivity contribution in [3.63, 3.8) is 0 Å². The second-order valence-corrected chi connectivity index (χ2v) is 6.16. The van der Waals surface area contributed by atoms with Gasteiger partial charge in [-0.25, -0.2) is 13.1 Å². The minimum atomic E-state index is -3.43. The number of likely N-dealkylation sites (N-methyl/N-ethyl adjacent to an activating group) is 1. The van der Waals surface area contributed by atoms with Gasteiger partial charge in [0.05, 0.1) is 11.0 Å². The van der Waals surface area contributed by atoms with Gasteiger partial charge in [-0.3, -0.25) is 0 Å². The van der Waals surface area contributed by atoms with Crippen LogP contribution in [0.4, 0.5) is 0 Å². The summed E-state index contributed by atoms with van der Waals surface area (Å²) in [5.41, 5.74) is 0. The third-order valence-corrected chi connectivity index (χ3v) is 3.83. The van der Waals surface area contributed by atoms with Gasteiger partial charge in [-0.05, 0) is 44.7 Å². The molecule has 0 unspecified atom stereocenters. The summed E-state index contributed by atoms with van der Waals surface area (Å²) >= 11 is 0. The van der Waals surface area contributed by atoms with E-state index in [2.05, 4.69) is 10.0 Å². The van der Waals surface area contributed by atoms with Crippen LogP contribution < -0.4 is 14.8 Å². The maximum absolute atomic E-state index is 11.9. The molecule has 5 nitrogen and oxygen atoms in total. The summed E-state index contributed by atoms with van der Waals surface area (Å²) in [6.45, 7) is 7.63. The summed E-state index contributed by atoms with van der Waals surface area (Å²) in [5.74, 6) is 0.668. The Balaban J connectivity index is 2.63. The van der Waals surface area contributed by atoms with Crippen LogP contribution in [0.2, 0.25) is 0 Å². The average molecular weight is 286 g/mol. The highest BCUT2D eigenvalue weighted by Gasteiger charge is 2.13. The minimum Gasteiger partial charge on any atom is -0.491 e. The lowest BCUT2D eigenvalue weighted by Gasteiger charge is -2.11. The van der Waals surface area contributed by atoms with Gasteiger partial charge < -0.3 is 10.1 Å². The van der Waals surface area contributed by atoms with Gasteiger partial charge in [0.15, 0.2) is 0 Å². The van der Waals surface area contributed by atoms with Gasteiger partial charge in [-0.1, -0.05) is 6.92 Å². The quantitative estimate of drug-likeness (QED) is 0.708. The number of ether oxygens (including phenoxy) is 1. The number of rotatable bonds is 8. The van der Waals surface area contributed by atoms with Crippen LogP contribution in [0.1, 0.15) is 20.8 Å². The summed E-state index contributed by atoms with van der Waals surface area (Å²) in [6, 6.07) is 6.43. The molecule has 0 bridgehead atoms. The molecule has 0 saturated heterocycles. The summed E-state index contributed by atoms with van der Waals surface area (Å²) in [4.78, 5) is 0.250. The second kappa shape index (κ2) is 7.47. The largest absolute Gasteiger partial charge is 0.491 e. The van der Waals surface area contributed by atoms with Crippen LogP contribution in [0.15, 0.2) is 29.2 Å². The molecule has 2 N–H and O–H groups in total. The summed E-state index contributed by atoms with van der Waals surface area (Å²) in [7, 11) is -3.43. The predicted octanol–water partition coefficient (Wildman–Crippen LogP) is 1.36. The van der Waals surface area contributed by atoms with E-state index in [-0.39, 0.29) is 11.0 Å². The molecule has 0 amide bonds. The SMILES string of the molecule is CCNCCNS(=O)(=O)c1ccc(OC(C)C)cc1. The van der Waals surface area contributed by atoms with E-state index in [0.717, 1.165) is 6.54 Å². The second-order valence-electron chi connectivity index (χ2n) is 4.39. The lowest BCUT2D eigenvalue weighted by atomic mass is 10.3. The molecule has 1 aromatic carbocycles. The Hall–Kier alpha value is -1.11. The third kappa shape index (κ3) is 5.59. The van der Waals surface area contributed by atoms with Crippen LogP contribution in [0.3, 0.4) is 0 Å². The zero-order valence-electron chi connectivity index (χ0n) is 11.6. The highest BCUT2D eigenvalue weighted by atomic mass is 32.2. The average Bonchev–Trinajstić information content (AvgIpc) is 2.35. The molecular formula is C13H22N2O3S. The molecule has 19 heavy (non-hydrogen) atoms. The molecule has 0 fully saturated rings. The van der Waals surface area contributed by atoms with Crippen LogP contribution in [0, 0.1) is 0 Å². The lowest BCUT2D eigenvalue weighted by Crippen LogP contribution is -2.31. The topological polar surface area (TPSA) is 67.4 Å². The van der Waals surface area contributed by atoms with Crippen molar-refractivity contribution in [3.05, 3.63) is 24.3 Å². The van der Waals surface area contributed by atoms with Crippen molar-refractivity contribution in [1.29, 1.82) is 0 Å². The molecule has 0 spiro atoms. The highest BCUT2D eigenvalue weighted by Crippen LogP contribution is 2.16. The Bertz CT molecular complexity index is 469. The number of sulfonamides is 1. The van der Waals surface area contributed by atoms with Gasteiger partial charge in [-0.15, -0.1) is 0 Å². The molecule has 0 aliphatic carbocycles. The Morgan fingerprint density at radius 3 is 2.32 bits per heavy atom. The molecule has 0 heterocycles. The molecule has 0 aliphatic heterocycles. The highest BCUT2D eigenvalue weighted by molar-refractivity contribution is 7.89. The van der Waals surface area contributed by atoms with Crippen molar-refractivity contribution < 1.29 is 13.2 Å². The van der Waals surface area contributed by atoms with E-state index >= 15 is 0 Å². The maximum atomic E-state index is 11.9. The smallest absolute Gasteiger partial charge is 0.240 e. The molecular weight excluding hydrogens is 264 g/mol. The third-order valence-electron chi connectivity index (χ3n) is 2.35. The molecule has 0 atom stereocenters. The number of nitrogens with one attached hydrogen (secondary N) is 2. The van der Waals surface area contributed by atoms with Crippen LogP contribution >= 0.6 is 0 Å². The fourth-order valence-corrected chi connectivity index (χ4v) is 2.54. The van der Waals surface area contributed by atoms with Crippen molar-refractivity contribution >= 4 is 10.0 Å². The van der Waals surface area contributed by atoms with Crippen LogP contribution in [0.5, 0.6) is 5.75 Å². The number of hydrogen-bond donors (Lipinski definition) is 2. The van der Waals surface area contributed by atoms with E-state index in [0.29, 0.717) is 18.8 Å². The van der Waals surface area contributed by atoms with Crippen molar-refractivity contribution in [2.75, 3.05) is 19.6 Å². The van der Waals surface area contributed by atoms with E-state index in [1.165, 1.54) is 0 Å². The van der Waals surface area contributed by atoms with Crippen molar-refractivity contribution in [2.24, 2.45) is 0 Å². The van der Waals surface area contributed by atoms with E-state index in [4.69, 9.17) is 4.74 Å². The van der Waals surface area contributed by atoms with Gasteiger partial charge in [0.25, 0.3) is 0 Å². The molecule has 0 aliphatic rings. The Morgan fingerprint density at radius 1 is 1.16 bits per heavy atom. The number of benzene rings is 1. The zero-order valence-corrected chi connectivity index (χ0v) is 12.5. The molecule has 0 radical (unpaired) electrons. The van der Waals surface area contributed by atoms with Gasteiger partial charge in [0.1, 0.15) is 5.75 Å². The van der Waals surface area contributed by atoms with Gasteiger partial charge in [0, 0.05) is 13.1 Å². The van der Waals surface area contributed by atoms with Crippen molar-refractivity contribution in [2.45, 2.75) is 31.8 Å². The first-order valence-electron chi connectivity index (χ1n) is 6.43. The van der Waals surface area contributed by atoms with Gasteiger partial charge in [0.2, 0.25) is 10.0 Å². The van der Waals surface area contributed by atoms with E-state index in [1.807, 2.05) is 20.8 Å². The molecule has 0 saturated carbocycles. The van der Waals surface area contributed by atoms with E-state index in [9.17, 15) is 8.42 Å². The van der Waals surface area contributed by atoms with Gasteiger partial charge >= 0.3 is 0 Å². The zero-order chi connectivity index (χ0) is 14.3. The standard InChI is InChI=1S/C13H22N2O3S/c1-4-14-9-10-15-19(16,17)13-7-5-12(6-8-13)18-11(2)3/h5-8,11,14-15H,4,9-10H2,1-3H3. The Morgan fingerprint density at radius 2 is 1.79 bits per heavy atom. The minimum absolute atomic E-state index is 0.0701. The fourth-order valence-electron chi connectivity index (χ4n) is 1.50. The monoisotopic (exact) mass is 286 g/mol. The number of hydrogen-bond acceptors (Lipinski definition) is 4. The molecule has 0 aromatic heterocycles. The van der Waals surface area contributed by atoms with Crippen LogP contribution in [-0.2, 0) is 10.0 Å². The maximum Gasteiger partial charge on any atom is 0.240 e. The Kier molecular flexibility index (Phi) is 6.27. The first-order chi connectivity index (χ1) is 8.95.